The molecular formula is C12H10F6O2. The lowest BCUT2D eigenvalue weighted by Gasteiger charge is -2.15. The smallest absolute Gasteiger partial charge is 0.416 e. The highest BCUT2D eigenvalue weighted by Gasteiger charge is 2.38. The Bertz CT molecular complexity index is 490. The van der Waals surface area contributed by atoms with E-state index in [4.69, 9.17) is 0 Å². The molecule has 1 rings (SSSR count). The standard InChI is InChI=1S/C12H10F6O2/c1-2-20-10(19)5-7-3-4-8(11(13,14)15)6-9(7)12(16,17)18/h3-4,6H,2,5H2,1H3. The van der Waals surface area contributed by atoms with Gasteiger partial charge < -0.3 is 4.74 Å². The van der Waals surface area contributed by atoms with Crippen molar-refractivity contribution in [2.45, 2.75) is 25.7 Å². The van der Waals surface area contributed by atoms with Crippen LogP contribution in [0.1, 0.15) is 23.6 Å². The molecule has 0 unspecified atom stereocenters. The van der Waals surface area contributed by atoms with Gasteiger partial charge in [-0.15, -0.1) is 0 Å². The molecule has 1 aromatic carbocycles. The number of carbonyl (C=O) groups excluding carboxylic acids is 1. The van der Waals surface area contributed by atoms with Crippen molar-refractivity contribution in [3.8, 4) is 0 Å². The van der Waals surface area contributed by atoms with Crippen molar-refractivity contribution in [2.24, 2.45) is 0 Å². The van der Waals surface area contributed by atoms with Gasteiger partial charge in [-0.25, -0.2) is 0 Å². The number of benzene rings is 1. The molecule has 0 heterocycles. The molecule has 0 aliphatic rings. The Labute approximate surface area is 110 Å². The van der Waals surface area contributed by atoms with Gasteiger partial charge in [0.1, 0.15) is 0 Å². The van der Waals surface area contributed by atoms with Gasteiger partial charge in [0.25, 0.3) is 0 Å². The Balaban J connectivity index is 3.21. The highest BCUT2D eigenvalue weighted by Crippen LogP contribution is 2.37. The third-order valence-electron chi connectivity index (χ3n) is 2.38. The van der Waals surface area contributed by atoms with Crippen LogP contribution in [-0.2, 0) is 28.3 Å². The fraction of sp³-hybridized carbons (Fsp3) is 0.417. The molecule has 8 heteroatoms. The number of esters is 1. The molecule has 0 atom stereocenters. The highest BCUT2D eigenvalue weighted by atomic mass is 19.4. The number of hydrogen-bond donors (Lipinski definition) is 0. The average molecular weight is 300 g/mol. The molecule has 1 aromatic rings. The van der Waals surface area contributed by atoms with Gasteiger partial charge in [-0.05, 0) is 24.6 Å². The number of alkyl halides is 6. The topological polar surface area (TPSA) is 26.3 Å². The Kier molecular flexibility index (Phi) is 4.67. The van der Waals surface area contributed by atoms with E-state index in [2.05, 4.69) is 4.74 Å². The van der Waals surface area contributed by atoms with Crippen molar-refractivity contribution >= 4 is 5.97 Å². The summed E-state index contributed by atoms with van der Waals surface area (Å²) in [7, 11) is 0. The van der Waals surface area contributed by atoms with Crippen molar-refractivity contribution < 1.29 is 35.9 Å². The first-order valence-corrected chi connectivity index (χ1v) is 5.48. The van der Waals surface area contributed by atoms with E-state index in [1.165, 1.54) is 6.92 Å². The molecule has 0 N–H and O–H groups in total. The summed E-state index contributed by atoms with van der Waals surface area (Å²) in [6.07, 6.45) is -10.6. The third kappa shape index (κ3) is 4.14. The summed E-state index contributed by atoms with van der Waals surface area (Å²) in [4.78, 5) is 11.2. The molecule has 0 aromatic heterocycles. The van der Waals surface area contributed by atoms with Crippen molar-refractivity contribution in [1.82, 2.24) is 0 Å². The van der Waals surface area contributed by atoms with Gasteiger partial charge in [0.15, 0.2) is 0 Å². The average Bonchev–Trinajstić information content (AvgIpc) is 2.26. The predicted octanol–water partition coefficient (Wildman–Crippen LogP) is 3.83. The van der Waals surface area contributed by atoms with Crippen molar-refractivity contribution in [3.05, 3.63) is 34.9 Å². The maximum absolute atomic E-state index is 12.7. The molecular weight excluding hydrogens is 290 g/mol. The SMILES string of the molecule is CCOC(=O)Cc1ccc(C(F)(F)F)cc1C(F)(F)F. The Morgan fingerprint density at radius 3 is 2.15 bits per heavy atom. The number of rotatable bonds is 3. The van der Waals surface area contributed by atoms with Gasteiger partial charge in [-0.2, -0.15) is 26.3 Å². The maximum atomic E-state index is 12.7. The van der Waals surface area contributed by atoms with Crippen molar-refractivity contribution in [1.29, 1.82) is 0 Å². The monoisotopic (exact) mass is 300 g/mol. The second kappa shape index (κ2) is 5.72. The van der Waals surface area contributed by atoms with Crippen LogP contribution in [0.4, 0.5) is 26.3 Å². The van der Waals surface area contributed by atoms with Crippen LogP contribution in [0.5, 0.6) is 0 Å². The van der Waals surface area contributed by atoms with Gasteiger partial charge in [0.05, 0.1) is 24.2 Å². The van der Waals surface area contributed by atoms with Gasteiger partial charge in [0, 0.05) is 0 Å². The normalized spacial score (nSPS) is 12.3. The van der Waals surface area contributed by atoms with Crippen LogP contribution in [0.15, 0.2) is 18.2 Å². The van der Waals surface area contributed by atoms with Crippen molar-refractivity contribution in [3.63, 3.8) is 0 Å². The molecule has 112 valence electrons. The Hall–Kier alpha value is -1.73. The highest BCUT2D eigenvalue weighted by molar-refractivity contribution is 5.73. The van der Waals surface area contributed by atoms with Crippen LogP contribution < -0.4 is 0 Å². The molecule has 20 heavy (non-hydrogen) atoms. The molecule has 0 saturated heterocycles. The Morgan fingerprint density at radius 2 is 1.70 bits per heavy atom. The van der Waals surface area contributed by atoms with Gasteiger partial charge >= 0.3 is 18.3 Å². The largest absolute Gasteiger partial charge is 0.466 e. The first-order chi connectivity index (χ1) is 9.05. The van der Waals surface area contributed by atoms with Gasteiger partial charge in [-0.1, -0.05) is 6.07 Å². The lowest BCUT2D eigenvalue weighted by atomic mass is 10.0. The summed E-state index contributed by atoms with van der Waals surface area (Å²) < 4.78 is 79.9. The summed E-state index contributed by atoms with van der Waals surface area (Å²) in [5.41, 5.74) is -3.46. The molecule has 2 nitrogen and oxygen atoms in total. The van der Waals surface area contributed by atoms with Gasteiger partial charge in [0.2, 0.25) is 0 Å². The van der Waals surface area contributed by atoms with E-state index in [0.29, 0.717) is 12.1 Å². The summed E-state index contributed by atoms with van der Waals surface area (Å²) in [6.45, 7) is 1.44. The Morgan fingerprint density at radius 1 is 1.10 bits per heavy atom. The van der Waals surface area contributed by atoms with Crippen LogP contribution in [0.3, 0.4) is 0 Å². The molecule has 0 radical (unpaired) electrons. The van der Waals surface area contributed by atoms with E-state index >= 15 is 0 Å². The van der Waals surface area contributed by atoms with Crippen molar-refractivity contribution in [2.75, 3.05) is 6.61 Å². The van der Waals surface area contributed by atoms with E-state index in [1.54, 1.807) is 0 Å². The number of carbonyl (C=O) groups is 1. The fourth-order valence-corrected chi connectivity index (χ4v) is 1.54. The molecule has 0 saturated carbocycles. The summed E-state index contributed by atoms with van der Waals surface area (Å²) >= 11 is 0. The first-order valence-electron chi connectivity index (χ1n) is 5.48. The second-order valence-corrected chi connectivity index (χ2v) is 3.85. The number of hydrogen-bond acceptors (Lipinski definition) is 2. The second-order valence-electron chi connectivity index (χ2n) is 3.85. The number of ether oxygens (including phenoxy) is 1. The van der Waals surface area contributed by atoms with E-state index in [0.717, 1.165) is 0 Å². The summed E-state index contributed by atoms with van der Waals surface area (Å²) in [6, 6.07) is 1.14. The predicted molar refractivity (Wildman–Crippen MR) is 56.8 cm³/mol. The van der Waals surface area contributed by atoms with E-state index < -0.39 is 41.4 Å². The van der Waals surface area contributed by atoms with Crippen LogP contribution in [0.2, 0.25) is 0 Å². The van der Waals surface area contributed by atoms with E-state index in [9.17, 15) is 31.1 Å². The molecule has 0 fully saturated rings. The zero-order valence-corrected chi connectivity index (χ0v) is 10.2. The quantitative estimate of drug-likeness (QED) is 0.626. The third-order valence-corrected chi connectivity index (χ3v) is 2.38. The van der Waals surface area contributed by atoms with Crippen LogP contribution >= 0.6 is 0 Å². The van der Waals surface area contributed by atoms with Crippen LogP contribution in [0.25, 0.3) is 0 Å². The summed E-state index contributed by atoms with van der Waals surface area (Å²) in [5.74, 6) is -0.933. The van der Waals surface area contributed by atoms with Crippen LogP contribution in [-0.4, -0.2) is 12.6 Å². The lowest BCUT2D eigenvalue weighted by Crippen LogP contribution is -2.16. The molecule has 0 bridgehead atoms. The lowest BCUT2D eigenvalue weighted by molar-refractivity contribution is -0.144. The zero-order chi connectivity index (χ0) is 15.6. The molecule has 0 amide bonds. The van der Waals surface area contributed by atoms with E-state index in [1.807, 2.05) is 0 Å². The van der Waals surface area contributed by atoms with Crippen LogP contribution in [0, 0.1) is 0 Å². The minimum atomic E-state index is -4.98. The first kappa shape index (κ1) is 16.3. The molecule has 0 aliphatic carbocycles. The zero-order valence-electron chi connectivity index (χ0n) is 10.2. The molecule has 0 spiro atoms. The minimum absolute atomic E-state index is 0.00540. The fourth-order valence-electron chi connectivity index (χ4n) is 1.54. The number of halogens is 6. The molecule has 0 aliphatic heterocycles. The summed E-state index contributed by atoms with van der Waals surface area (Å²) in [5, 5.41) is 0. The minimum Gasteiger partial charge on any atom is -0.466 e. The van der Waals surface area contributed by atoms with E-state index in [-0.39, 0.29) is 12.7 Å². The van der Waals surface area contributed by atoms with Gasteiger partial charge in [-0.3, -0.25) is 4.79 Å². The maximum Gasteiger partial charge on any atom is 0.416 e.